The van der Waals surface area contributed by atoms with Crippen molar-refractivity contribution >= 4 is 39.1 Å². The minimum Gasteiger partial charge on any atom is -0.351 e. The molecule has 0 spiro atoms. The third kappa shape index (κ3) is 3.54. The SMILES string of the molecule is Cc1cc(C)cc(N2C(=O)c3cc4sccc4n3C[C@@]2(C)C(=O)NC2CCCCCC2)c1. The minimum absolute atomic E-state index is 0.0559. The first-order valence-electron chi connectivity index (χ1n) is 11.7. The summed E-state index contributed by atoms with van der Waals surface area (Å²) in [6.45, 7) is 6.44. The van der Waals surface area contributed by atoms with Gasteiger partial charge in [-0.3, -0.25) is 14.5 Å². The molecule has 1 atom stereocenters. The monoisotopic (exact) mass is 449 g/mol. The van der Waals surface area contributed by atoms with Gasteiger partial charge in [-0.15, -0.1) is 11.3 Å². The minimum atomic E-state index is -1.01. The third-order valence-electron chi connectivity index (χ3n) is 7.05. The van der Waals surface area contributed by atoms with Crippen LogP contribution in [0.25, 0.3) is 10.2 Å². The summed E-state index contributed by atoms with van der Waals surface area (Å²) in [6, 6.07) is 10.3. The number of hydrogen-bond acceptors (Lipinski definition) is 3. The Labute approximate surface area is 193 Å². The fourth-order valence-corrected chi connectivity index (χ4v) is 6.28. The van der Waals surface area contributed by atoms with E-state index in [0.717, 1.165) is 52.7 Å². The molecule has 1 aromatic carbocycles. The number of benzene rings is 1. The maximum atomic E-state index is 13.9. The number of aromatic nitrogens is 1. The molecule has 0 saturated heterocycles. The number of amides is 2. The van der Waals surface area contributed by atoms with E-state index in [9.17, 15) is 9.59 Å². The summed E-state index contributed by atoms with van der Waals surface area (Å²) in [5.74, 6) is -0.164. The van der Waals surface area contributed by atoms with Crippen molar-refractivity contribution in [2.75, 3.05) is 4.90 Å². The zero-order chi connectivity index (χ0) is 22.5. The van der Waals surface area contributed by atoms with Crippen LogP contribution < -0.4 is 10.2 Å². The van der Waals surface area contributed by atoms with Crippen molar-refractivity contribution in [2.45, 2.75) is 77.4 Å². The average molecular weight is 450 g/mol. The van der Waals surface area contributed by atoms with Gasteiger partial charge in [0, 0.05) is 11.7 Å². The van der Waals surface area contributed by atoms with Crippen LogP contribution in [0.2, 0.25) is 0 Å². The number of nitrogens with zero attached hydrogens (tertiary/aromatic N) is 2. The zero-order valence-electron chi connectivity index (χ0n) is 19.1. The number of rotatable bonds is 3. The molecule has 0 radical (unpaired) electrons. The zero-order valence-corrected chi connectivity index (χ0v) is 19.9. The molecule has 0 bridgehead atoms. The first kappa shape index (κ1) is 21.3. The number of hydrogen-bond donors (Lipinski definition) is 1. The van der Waals surface area contributed by atoms with Crippen molar-refractivity contribution in [1.29, 1.82) is 0 Å². The van der Waals surface area contributed by atoms with Gasteiger partial charge in [-0.2, -0.15) is 0 Å². The second kappa shape index (κ2) is 8.07. The summed E-state index contributed by atoms with van der Waals surface area (Å²) in [6.07, 6.45) is 6.81. The Morgan fingerprint density at radius 3 is 2.44 bits per heavy atom. The molecular weight excluding hydrogens is 418 g/mol. The molecule has 2 amide bonds. The summed E-state index contributed by atoms with van der Waals surface area (Å²) in [5, 5.41) is 5.38. The van der Waals surface area contributed by atoms with Gasteiger partial charge in [-0.25, -0.2) is 0 Å². The number of carbonyl (C=O) groups is 2. The fourth-order valence-electron chi connectivity index (χ4n) is 5.46. The number of carbonyl (C=O) groups excluding carboxylic acids is 2. The molecule has 0 unspecified atom stereocenters. The number of nitrogens with one attached hydrogen (secondary N) is 1. The molecule has 3 heterocycles. The molecule has 5 rings (SSSR count). The lowest BCUT2D eigenvalue weighted by Gasteiger charge is -2.44. The first-order valence-corrected chi connectivity index (χ1v) is 12.6. The Kier molecular flexibility index (Phi) is 5.36. The molecule has 1 N–H and O–H groups in total. The topological polar surface area (TPSA) is 54.3 Å². The van der Waals surface area contributed by atoms with Gasteiger partial charge < -0.3 is 9.88 Å². The van der Waals surface area contributed by atoms with E-state index in [4.69, 9.17) is 0 Å². The molecule has 1 aliphatic heterocycles. The van der Waals surface area contributed by atoms with E-state index in [1.807, 2.05) is 55.0 Å². The fraction of sp³-hybridized carbons (Fsp3) is 0.462. The van der Waals surface area contributed by atoms with E-state index in [1.54, 1.807) is 16.2 Å². The standard InChI is InChI=1S/C26H31N3O2S/c1-17-12-18(2)14-20(13-17)29-24(30)22-15-23-21(10-11-32-23)28(22)16-26(29,3)25(31)27-19-8-6-4-5-7-9-19/h10-15,19H,4-9,16H2,1-3H3,(H,27,31)/t26-/m0/s1. The lowest BCUT2D eigenvalue weighted by molar-refractivity contribution is -0.127. The van der Waals surface area contributed by atoms with Gasteiger partial charge in [0.2, 0.25) is 5.91 Å². The summed E-state index contributed by atoms with van der Waals surface area (Å²) < 4.78 is 3.13. The van der Waals surface area contributed by atoms with Crippen LogP contribution in [0.15, 0.2) is 35.7 Å². The molecule has 1 saturated carbocycles. The lowest BCUT2D eigenvalue weighted by Crippen LogP contribution is -2.65. The van der Waals surface area contributed by atoms with Crippen LogP contribution in [0, 0.1) is 13.8 Å². The van der Waals surface area contributed by atoms with Crippen LogP contribution in [-0.4, -0.2) is 28.0 Å². The summed E-state index contributed by atoms with van der Waals surface area (Å²) in [4.78, 5) is 29.5. The first-order chi connectivity index (χ1) is 15.4. The van der Waals surface area contributed by atoms with Crippen molar-refractivity contribution < 1.29 is 9.59 Å². The largest absolute Gasteiger partial charge is 0.351 e. The second-order valence-electron chi connectivity index (χ2n) is 9.71. The molecular formula is C26H31N3O2S. The van der Waals surface area contributed by atoms with Crippen LogP contribution in [0.1, 0.15) is 67.1 Å². The lowest BCUT2D eigenvalue weighted by atomic mass is 9.92. The predicted octanol–water partition coefficient (Wildman–Crippen LogP) is 5.58. The van der Waals surface area contributed by atoms with Gasteiger partial charge in [-0.05, 0) is 74.4 Å². The van der Waals surface area contributed by atoms with Crippen molar-refractivity contribution in [3.05, 3.63) is 52.5 Å². The van der Waals surface area contributed by atoms with Crippen LogP contribution >= 0.6 is 11.3 Å². The van der Waals surface area contributed by atoms with Crippen molar-refractivity contribution in [1.82, 2.24) is 9.88 Å². The van der Waals surface area contributed by atoms with Crippen molar-refractivity contribution in [3.63, 3.8) is 0 Å². The highest BCUT2D eigenvalue weighted by molar-refractivity contribution is 7.17. The van der Waals surface area contributed by atoms with Gasteiger partial charge in [0.05, 0.1) is 16.8 Å². The number of thiophene rings is 1. The van der Waals surface area contributed by atoms with Crippen LogP contribution in [0.3, 0.4) is 0 Å². The molecule has 6 heteroatoms. The van der Waals surface area contributed by atoms with Gasteiger partial charge in [0.1, 0.15) is 11.2 Å². The second-order valence-corrected chi connectivity index (χ2v) is 10.7. The predicted molar refractivity (Wildman–Crippen MR) is 131 cm³/mol. The molecule has 32 heavy (non-hydrogen) atoms. The molecule has 1 aliphatic carbocycles. The van der Waals surface area contributed by atoms with E-state index >= 15 is 0 Å². The van der Waals surface area contributed by atoms with Crippen molar-refractivity contribution in [2.24, 2.45) is 0 Å². The molecule has 5 nitrogen and oxygen atoms in total. The summed E-state index contributed by atoms with van der Waals surface area (Å²) in [5.41, 5.74) is 3.65. The molecule has 1 fully saturated rings. The third-order valence-corrected chi connectivity index (χ3v) is 7.90. The summed E-state index contributed by atoms with van der Waals surface area (Å²) in [7, 11) is 0. The average Bonchev–Trinajstić information content (AvgIpc) is 3.22. The van der Waals surface area contributed by atoms with Gasteiger partial charge in [-0.1, -0.05) is 31.7 Å². The number of anilines is 1. The molecule has 3 aromatic rings. The number of aryl methyl sites for hydroxylation is 2. The Balaban J connectivity index is 1.60. The van der Waals surface area contributed by atoms with E-state index in [1.165, 1.54) is 12.8 Å². The summed E-state index contributed by atoms with van der Waals surface area (Å²) >= 11 is 1.63. The smallest absolute Gasteiger partial charge is 0.275 e. The van der Waals surface area contributed by atoms with E-state index in [2.05, 4.69) is 11.4 Å². The molecule has 168 valence electrons. The van der Waals surface area contributed by atoms with E-state index < -0.39 is 5.54 Å². The Morgan fingerprint density at radius 2 is 1.75 bits per heavy atom. The van der Waals surface area contributed by atoms with Gasteiger partial charge in [0.15, 0.2) is 0 Å². The van der Waals surface area contributed by atoms with E-state index in [0.29, 0.717) is 12.2 Å². The molecule has 2 aromatic heterocycles. The van der Waals surface area contributed by atoms with Gasteiger partial charge >= 0.3 is 0 Å². The van der Waals surface area contributed by atoms with E-state index in [-0.39, 0.29) is 17.9 Å². The van der Waals surface area contributed by atoms with Crippen molar-refractivity contribution in [3.8, 4) is 0 Å². The highest BCUT2D eigenvalue weighted by atomic mass is 32.1. The number of fused-ring (bicyclic) bond motifs is 3. The molecule has 2 aliphatic rings. The highest BCUT2D eigenvalue weighted by Gasteiger charge is 2.49. The maximum absolute atomic E-state index is 13.9. The van der Waals surface area contributed by atoms with Crippen LogP contribution in [-0.2, 0) is 11.3 Å². The highest BCUT2D eigenvalue weighted by Crippen LogP contribution is 2.38. The quantitative estimate of drug-likeness (QED) is 0.531. The van der Waals surface area contributed by atoms with Crippen LogP contribution in [0.4, 0.5) is 5.69 Å². The maximum Gasteiger partial charge on any atom is 0.275 e. The Bertz CT molecular complexity index is 1160. The van der Waals surface area contributed by atoms with Gasteiger partial charge in [0.25, 0.3) is 5.91 Å². The van der Waals surface area contributed by atoms with Crippen LogP contribution in [0.5, 0.6) is 0 Å². The Hall–Kier alpha value is -2.60. The normalized spacial score (nSPS) is 22.1. The Morgan fingerprint density at radius 1 is 1.06 bits per heavy atom.